The van der Waals surface area contributed by atoms with E-state index in [4.69, 9.17) is 6.58 Å². The van der Waals surface area contributed by atoms with Gasteiger partial charge in [0.2, 0.25) is 0 Å². The molecule has 0 unspecified atom stereocenters. The van der Waals surface area contributed by atoms with Crippen LogP contribution in [-0.4, -0.2) is 0 Å². The molecule has 0 heteroatoms. The summed E-state index contributed by atoms with van der Waals surface area (Å²) in [6.45, 7) is 7.47. The van der Waals surface area contributed by atoms with E-state index in [1.54, 1.807) is 6.08 Å². The predicted octanol–water partition coefficient (Wildman–Crippen LogP) is 5.23. The van der Waals surface area contributed by atoms with Crippen molar-refractivity contribution in [3.8, 4) is 0 Å². The van der Waals surface area contributed by atoms with Crippen molar-refractivity contribution in [2.24, 2.45) is 0 Å². The van der Waals surface area contributed by atoms with E-state index in [1.165, 1.54) is 32.1 Å². The monoisotopic (exact) mass is 205 g/mol. The van der Waals surface area contributed by atoms with Gasteiger partial charge in [0.05, 0.1) is 0 Å². The third kappa shape index (κ3) is 13.2. The second-order valence-corrected chi connectivity index (χ2v) is 3.81. The van der Waals surface area contributed by atoms with Crippen LogP contribution in [0.1, 0.15) is 58.3 Å². The van der Waals surface area contributed by atoms with Crippen molar-refractivity contribution >= 4 is 0 Å². The van der Waals surface area contributed by atoms with Crippen LogP contribution in [0.3, 0.4) is 0 Å². The Morgan fingerprint density at radius 1 is 0.800 bits per heavy atom. The van der Waals surface area contributed by atoms with Crippen molar-refractivity contribution in [2.75, 3.05) is 0 Å². The Bertz CT molecular complexity index is 174. The maximum atomic E-state index is 5.31. The first-order valence-corrected chi connectivity index (χ1v) is 6.25. The van der Waals surface area contributed by atoms with Crippen molar-refractivity contribution in [3.63, 3.8) is 0 Å². The number of unbranched alkanes of at least 4 members (excludes halogenated alkanes) is 5. The minimum Gasteiger partial charge on any atom is -0.0885 e. The van der Waals surface area contributed by atoms with Crippen LogP contribution >= 0.6 is 0 Å². The molecule has 0 saturated heterocycles. The van der Waals surface area contributed by atoms with Crippen LogP contribution in [-0.2, 0) is 0 Å². The van der Waals surface area contributed by atoms with E-state index in [9.17, 15) is 0 Å². The van der Waals surface area contributed by atoms with Gasteiger partial charge in [0, 0.05) is 0 Å². The topological polar surface area (TPSA) is 0 Å². The molecule has 0 aromatic heterocycles. The molecule has 0 aromatic carbocycles. The summed E-state index contributed by atoms with van der Waals surface area (Å²) in [5.41, 5.74) is 0. The summed E-state index contributed by atoms with van der Waals surface area (Å²) < 4.78 is 0. The first-order valence-electron chi connectivity index (χ1n) is 6.25. The lowest BCUT2D eigenvalue weighted by Crippen LogP contribution is -1.76. The van der Waals surface area contributed by atoms with E-state index < -0.39 is 0 Å². The lowest BCUT2D eigenvalue weighted by Gasteiger charge is -1.96. The van der Waals surface area contributed by atoms with Crippen molar-refractivity contribution in [3.05, 3.63) is 37.0 Å². The zero-order valence-corrected chi connectivity index (χ0v) is 10.1. The van der Waals surface area contributed by atoms with Gasteiger partial charge in [0.25, 0.3) is 0 Å². The Kier molecular flexibility index (Phi) is 12.5. The zero-order valence-electron chi connectivity index (χ0n) is 10.1. The Morgan fingerprint density at radius 3 is 2.13 bits per heavy atom. The van der Waals surface area contributed by atoms with Crippen molar-refractivity contribution in [2.45, 2.75) is 58.3 Å². The second-order valence-electron chi connectivity index (χ2n) is 3.81. The molecule has 85 valence electrons. The van der Waals surface area contributed by atoms with Crippen molar-refractivity contribution in [1.82, 2.24) is 0 Å². The minimum absolute atomic E-state index is 1.07. The third-order valence-electron chi connectivity index (χ3n) is 2.33. The molecule has 0 aliphatic heterocycles. The molecule has 0 spiro atoms. The summed E-state index contributed by atoms with van der Waals surface area (Å²) in [7, 11) is 0. The lowest BCUT2D eigenvalue weighted by molar-refractivity contribution is 0.652. The van der Waals surface area contributed by atoms with Gasteiger partial charge in [-0.2, -0.15) is 0 Å². The van der Waals surface area contributed by atoms with Gasteiger partial charge < -0.3 is 0 Å². The van der Waals surface area contributed by atoms with Gasteiger partial charge in [0.15, 0.2) is 0 Å². The molecule has 0 fully saturated rings. The summed E-state index contributed by atoms with van der Waals surface area (Å²) in [5.74, 6) is 0. The molecule has 0 atom stereocenters. The Morgan fingerprint density at radius 2 is 1.47 bits per heavy atom. The highest BCUT2D eigenvalue weighted by molar-refractivity contribution is 4.92. The SMILES string of the molecule is [CH]=CCCCCCCC=CCC=CCC. The lowest BCUT2D eigenvalue weighted by atomic mass is 10.1. The van der Waals surface area contributed by atoms with Crippen LogP contribution in [0.25, 0.3) is 0 Å². The summed E-state index contributed by atoms with van der Waals surface area (Å²) in [6, 6.07) is 0. The van der Waals surface area contributed by atoms with Crippen molar-refractivity contribution < 1.29 is 0 Å². The van der Waals surface area contributed by atoms with E-state index in [2.05, 4.69) is 31.2 Å². The molecule has 1 radical (unpaired) electrons. The highest BCUT2D eigenvalue weighted by Gasteiger charge is 1.86. The summed E-state index contributed by atoms with van der Waals surface area (Å²) in [6.07, 6.45) is 20.5. The molecule has 0 aliphatic carbocycles. The molecular formula is C15H25. The van der Waals surface area contributed by atoms with Gasteiger partial charge in [-0.3, -0.25) is 0 Å². The molecule has 0 aromatic rings. The average Bonchev–Trinajstić information content (AvgIpc) is 2.26. The largest absolute Gasteiger partial charge is 0.0885 e. The third-order valence-corrected chi connectivity index (χ3v) is 2.33. The van der Waals surface area contributed by atoms with E-state index in [1.807, 2.05) is 0 Å². The van der Waals surface area contributed by atoms with Crippen LogP contribution in [0.15, 0.2) is 30.4 Å². The maximum absolute atomic E-state index is 5.31. The molecular weight excluding hydrogens is 180 g/mol. The minimum atomic E-state index is 1.07. The van der Waals surface area contributed by atoms with E-state index >= 15 is 0 Å². The van der Waals surface area contributed by atoms with E-state index in [0.29, 0.717) is 0 Å². The first-order chi connectivity index (χ1) is 7.41. The van der Waals surface area contributed by atoms with Gasteiger partial charge in [-0.05, 0) is 38.5 Å². The number of allylic oxidation sites excluding steroid dienone is 5. The fourth-order valence-corrected chi connectivity index (χ4v) is 1.43. The molecule has 0 rings (SSSR count). The highest BCUT2D eigenvalue weighted by Crippen LogP contribution is 2.06. The molecule has 0 saturated carbocycles. The molecule has 0 heterocycles. The normalized spacial score (nSPS) is 11.5. The van der Waals surface area contributed by atoms with Crippen LogP contribution in [0.4, 0.5) is 0 Å². The molecule has 0 nitrogen and oxygen atoms in total. The molecule has 0 N–H and O–H groups in total. The van der Waals surface area contributed by atoms with E-state index in [-0.39, 0.29) is 0 Å². The van der Waals surface area contributed by atoms with Crippen LogP contribution in [0.5, 0.6) is 0 Å². The summed E-state index contributed by atoms with van der Waals surface area (Å²) in [5, 5.41) is 0. The Hall–Kier alpha value is -0.780. The van der Waals surface area contributed by atoms with Gasteiger partial charge in [0.1, 0.15) is 0 Å². The summed E-state index contributed by atoms with van der Waals surface area (Å²) >= 11 is 0. The average molecular weight is 205 g/mol. The molecule has 0 amide bonds. The first kappa shape index (κ1) is 14.2. The fourth-order valence-electron chi connectivity index (χ4n) is 1.43. The second kappa shape index (κ2) is 13.2. The standard InChI is InChI=1S/C15H25/c1-3-5-7-9-11-13-15-14-12-10-8-6-4-2/h1,3,6,8,12,14H,4-5,7,9-11,13,15H2,2H3. The van der Waals surface area contributed by atoms with Gasteiger partial charge >= 0.3 is 0 Å². The van der Waals surface area contributed by atoms with Gasteiger partial charge in [-0.15, -0.1) is 0 Å². The number of hydrogen-bond donors (Lipinski definition) is 0. The smallest absolute Gasteiger partial charge is 0.0169 e. The van der Waals surface area contributed by atoms with Crippen LogP contribution in [0.2, 0.25) is 0 Å². The Labute approximate surface area is 95.8 Å². The molecule has 0 bridgehead atoms. The van der Waals surface area contributed by atoms with Gasteiger partial charge in [-0.1, -0.05) is 56.7 Å². The highest BCUT2D eigenvalue weighted by atomic mass is 13.9. The van der Waals surface area contributed by atoms with Crippen LogP contribution < -0.4 is 0 Å². The predicted molar refractivity (Wildman–Crippen MR) is 69.8 cm³/mol. The number of hydrogen-bond acceptors (Lipinski definition) is 0. The van der Waals surface area contributed by atoms with Crippen LogP contribution in [0, 0.1) is 6.58 Å². The molecule has 0 aliphatic rings. The van der Waals surface area contributed by atoms with E-state index in [0.717, 1.165) is 19.3 Å². The van der Waals surface area contributed by atoms with Gasteiger partial charge in [-0.25, -0.2) is 0 Å². The zero-order chi connectivity index (χ0) is 11.2. The maximum Gasteiger partial charge on any atom is -0.0169 e. The fraction of sp³-hybridized carbons (Fsp3) is 0.600. The summed E-state index contributed by atoms with van der Waals surface area (Å²) in [4.78, 5) is 0. The Balaban J connectivity index is 3.09. The quantitative estimate of drug-likeness (QED) is 0.338. The molecule has 15 heavy (non-hydrogen) atoms. The van der Waals surface area contributed by atoms with Crippen molar-refractivity contribution in [1.29, 1.82) is 0 Å². The number of rotatable bonds is 10.